The molecule has 1 aromatic rings. The number of likely N-dealkylation sites (tertiary alicyclic amines) is 1. The molecule has 7 nitrogen and oxygen atoms in total. The summed E-state index contributed by atoms with van der Waals surface area (Å²) in [7, 11) is 3.93. The summed E-state index contributed by atoms with van der Waals surface area (Å²) in [4.78, 5) is 41.2. The van der Waals surface area contributed by atoms with Crippen molar-refractivity contribution in [1.82, 2.24) is 10.3 Å². The predicted molar refractivity (Wildman–Crippen MR) is 112 cm³/mol. The molecule has 0 unspecified atom stereocenters. The van der Waals surface area contributed by atoms with Gasteiger partial charge in [-0.15, -0.1) is 0 Å². The van der Waals surface area contributed by atoms with E-state index >= 15 is 0 Å². The number of fused-ring (bicyclic) bond motifs is 2. The summed E-state index contributed by atoms with van der Waals surface area (Å²) < 4.78 is 0. The Morgan fingerprint density at radius 3 is 2.52 bits per heavy atom. The third kappa shape index (κ3) is 3.66. The molecule has 0 spiro atoms. The Morgan fingerprint density at radius 1 is 1.24 bits per heavy atom. The fourth-order valence-corrected chi connectivity index (χ4v) is 4.42. The van der Waals surface area contributed by atoms with E-state index in [9.17, 15) is 14.4 Å². The van der Waals surface area contributed by atoms with Crippen molar-refractivity contribution in [2.75, 3.05) is 25.5 Å². The largest absolute Gasteiger partial charge is 0.378 e. The average molecular weight is 399 g/mol. The zero-order valence-electron chi connectivity index (χ0n) is 17.9. The molecule has 156 valence electrons. The average Bonchev–Trinajstić information content (AvgIpc) is 2.85. The third-order valence-electron chi connectivity index (χ3n) is 6.88. The molecule has 1 aliphatic carbocycles. The smallest absolute Gasteiger partial charge is 0.241 e. The summed E-state index contributed by atoms with van der Waals surface area (Å²) in [6.07, 6.45) is 3.05. The summed E-state index contributed by atoms with van der Waals surface area (Å²) >= 11 is 0. The zero-order chi connectivity index (χ0) is 21.4. The number of hydrogen-bond donors (Lipinski definition) is 1. The number of rotatable bonds is 6. The van der Waals surface area contributed by atoms with Gasteiger partial charge in [0.2, 0.25) is 17.7 Å². The van der Waals surface area contributed by atoms with Gasteiger partial charge in [0.15, 0.2) is 0 Å². The molecule has 2 fully saturated rings. The molecule has 2 bridgehead atoms. The second-order valence-electron chi connectivity index (χ2n) is 8.97. The molecule has 1 saturated carbocycles. The lowest BCUT2D eigenvalue weighted by Crippen LogP contribution is -2.59. The molecule has 1 heterocycles. The van der Waals surface area contributed by atoms with Gasteiger partial charge in [-0.3, -0.25) is 19.3 Å². The minimum Gasteiger partial charge on any atom is -0.378 e. The first-order valence-electron chi connectivity index (χ1n) is 10.0. The number of hydrazone groups is 1. The first-order chi connectivity index (χ1) is 13.6. The van der Waals surface area contributed by atoms with Gasteiger partial charge in [-0.05, 0) is 36.0 Å². The Bertz CT molecular complexity index is 844. The van der Waals surface area contributed by atoms with Crippen LogP contribution in [-0.4, -0.2) is 49.5 Å². The predicted octanol–water partition coefficient (Wildman–Crippen LogP) is 2.40. The summed E-state index contributed by atoms with van der Waals surface area (Å²) in [5.74, 6) is -0.781. The first-order valence-corrected chi connectivity index (χ1v) is 10.0. The molecule has 0 aromatic heterocycles. The highest BCUT2D eigenvalue weighted by molar-refractivity contribution is 6.04. The number of anilines is 1. The highest BCUT2D eigenvalue weighted by atomic mass is 16.2. The number of nitrogens with one attached hydrogen (secondary N) is 1. The molecule has 2 atom stereocenters. The Hall–Kier alpha value is -2.70. The monoisotopic (exact) mass is 398 g/mol. The fraction of sp³-hybridized carbons (Fsp3) is 0.545. The number of imide groups is 1. The molecule has 1 aliphatic heterocycles. The third-order valence-corrected chi connectivity index (χ3v) is 6.88. The Morgan fingerprint density at radius 2 is 1.90 bits per heavy atom. The topological polar surface area (TPSA) is 82.1 Å². The minimum absolute atomic E-state index is 0.0393. The Kier molecular flexibility index (Phi) is 5.52. The number of benzene rings is 1. The van der Waals surface area contributed by atoms with Crippen LogP contribution in [0.5, 0.6) is 0 Å². The number of nitrogens with zero attached hydrogens (tertiary/aromatic N) is 3. The molecule has 1 N–H and O–H groups in total. The van der Waals surface area contributed by atoms with Crippen LogP contribution in [0, 0.1) is 16.7 Å². The normalized spacial score (nSPS) is 25.6. The molecule has 7 heteroatoms. The van der Waals surface area contributed by atoms with Gasteiger partial charge in [0, 0.05) is 38.7 Å². The molecule has 3 amide bonds. The van der Waals surface area contributed by atoms with E-state index < -0.39 is 5.41 Å². The van der Waals surface area contributed by atoms with Gasteiger partial charge < -0.3 is 4.90 Å². The van der Waals surface area contributed by atoms with Crippen LogP contribution < -0.4 is 10.3 Å². The Balaban J connectivity index is 1.54. The molecule has 1 aromatic carbocycles. The highest BCUT2D eigenvalue weighted by Crippen LogP contribution is 2.59. The Labute approximate surface area is 172 Å². The van der Waals surface area contributed by atoms with Crippen molar-refractivity contribution in [2.24, 2.45) is 21.8 Å². The van der Waals surface area contributed by atoms with Crippen molar-refractivity contribution in [2.45, 2.75) is 40.0 Å². The van der Waals surface area contributed by atoms with Crippen LogP contribution in [0.1, 0.15) is 45.6 Å². The van der Waals surface area contributed by atoms with Crippen LogP contribution in [0.25, 0.3) is 0 Å². The molecule has 0 radical (unpaired) electrons. The van der Waals surface area contributed by atoms with Crippen LogP contribution in [0.15, 0.2) is 29.4 Å². The van der Waals surface area contributed by atoms with Crippen LogP contribution >= 0.6 is 0 Å². The van der Waals surface area contributed by atoms with E-state index in [1.165, 1.54) is 4.90 Å². The van der Waals surface area contributed by atoms with E-state index in [1.807, 2.05) is 64.0 Å². The van der Waals surface area contributed by atoms with Gasteiger partial charge in [-0.25, -0.2) is 5.43 Å². The lowest BCUT2D eigenvalue weighted by Gasteiger charge is -2.47. The van der Waals surface area contributed by atoms with Crippen molar-refractivity contribution in [3.8, 4) is 0 Å². The summed E-state index contributed by atoms with van der Waals surface area (Å²) in [6.45, 7) is 6.05. The summed E-state index contributed by atoms with van der Waals surface area (Å²) in [6, 6.07) is 7.75. The van der Waals surface area contributed by atoms with E-state index in [4.69, 9.17) is 0 Å². The lowest BCUT2D eigenvalue weighted by atomic mass is 9.62. The minimum atomic E-state index is -0.543. The van der Waals surface area contributed by atoms with Gasteiger partial charge in [-0.2, -0.15) is 5.10 Å². The maximum Gasteiger partial charge on any atom is 0.241 e. The second-order valence-corrected chi connectivity index (χ2v) is 8.97. The van der Waals surface area contributed by atoms with E-state index in [0.717, 1.165) is 24.1 Å². The van der Waals surface area contributed by atoms with E-state index in [0.29, 0.717) is 0 Å². The SMILES string of the molecule is CN(C)c1ccc(/C=N\NC(=O)CCN2C(=O)[C@@H]3CC[C@@](C)(C2=O)C3(C)C)cc1. The van der Waals surface area contributed by atoms with Crippen molar-refractivity contribution in [3.63, 3.8) is 0 Å². The summed E-state index contributed by atoms with van der Waals surface area (Å²) in [5.41, 5.74) is 3.53. The molecular formula is C22H30N4O3. The van der Waals surface area contributed by atoms with Gasteiger partial charge in [0.25, 0.3) is 0 Å². The van der Waals surface area contributed by atoms with Crippen LogP contribution in [0.3, 0.4) is 0 Å². The van der Waals surface area contributed by atoms with Crippen molar-refractivity contribution in [1.29, 1.82) is 0 Å². The van der Waals surface area contributed by atoms with Crippen molar-refractivity contribution < 1.29 is 14.4 Å². The van der Waals surface area contributed by atoms with Crippen LogP contribution in [-0.2, 0) is 14.4 Å². The maximum absolute atomic E-state index is 13.0. The number of hydrogen-bond acceptors (Lipinski definition) is 5. The number of carbonyl (C=O) groups excluding carboxylic acids is 3. The molecule has 1 saturated heterocycles. The number of piperidine rings is 1. The lowest BCUT2D eigenvalue weighted by molar-refractivity contribution is -0.167. The van der Waals surface area contributed by atoms with Gasteiger partial charge in [0.05, 0.1) is 11.6 Å². The zero-order valence-corrected chi connectivity index (χ0v) is 17.9. The highest BCUT2D eigenvalue weighted by Gasteiger charge is 2.64. The molecule has 2 aliphatic rings. The van der Waals surface area contributed by atoms with Gasteiger partial charge in [0.1, 0.15) is 0 Å². The molecule has 3 rings (SSSR count). The van der Waals surface area contributed by atoms with Gasteiger partial charge in [-0.1, -0.05) is 32.9 Å². The van der Waals surface area contributed by atoms with Crippen molar-refractivity contribution in [3.05, 3.63) is 29.8 Å². The number of amides is 3. The fourth-order valence-electron chi connectivity index (χ4n) is 4.42. The van der Waals surface area contributed by atoms with E-state index in [1.54, 1.807) is 6.21 Å². The van der Waals surface area contributed by atoms with E-state index in [2.05, 4.69) is 10.5 Å². The van der Waals surface area contributed by atoms with Crippen LogP contribution in [0.4, 0.5) is 5.69 Å². The van der Waals surface area contributed by atoms with Gasteiger partial charge >= 0.3 is 0 Å². The maximum atomic E-state index is 13.0. The molecular weight excluding hydrogens is 368 g/mol. The van der Waals surface area contributed by atoms with E-state index in [-0.39, 0.29) is 42.0 Å². The first kappa shape index (κ1) is 21.0. The second kappa shape index (κ2) is 7.61. The quantitative estimate of drug-likeness (QED) is 0.453. The standard InChI is InChI=1S/C22H30N4O3/c1-21(2)17-10-12-22(21,3)20(29)26(19(17)28)13-11-18(27)24-23-14-15-6-8-16(9-7-15)25(4)5/h6-9,14,17H,10-13H2,1-5H3,(H,24,27)/b23-14-/t17-,22-/m0/s1. The molecule has 29 heavy (non-hydrogen) atoms. The summed E-state index contributed by atoms with van der Waals surface area (Å²) in [5, 5.41) is 3.97. The van der Waals surface area contributed by atoms with Crippen LogP contribution in [0.2, 0.25) is 0 Å². The number of carbonyl (C=O) groups is 3. The van der Waals surface area contributed by atoms with Crippen molar-refractivity contribution >= 4 is 29.6 Å².